The van der Waals surface area contributed by atoms with Crippen LogP contribution in [0, 0.1) is 0 Å². The maximum absolute atomic E-state index is 12.7. The van der Waals surface area contributed by atoms with Gasteiger partial charge in [-0.3, -0.25) is 14.3 Å². The molecule has 4 rings (SSSR count). The highest BCUT2D eigenvalue weighted by atomic mass is 32.2. The Morgan fingerprint density at radius 3 is 3.00 bits per heavy atom. The molecule has 3 heterocycles. The smallest absolute Gasteiger partial charge is 0.341 e. The Balaban J connectivity index is 1.48. The molecular weight excluding hydrogens is 434 g/mol. The molecule has 0 unspecified atom stereocenters. The molecule has 0 fully saturated rings. The third-order valence-corrected chi connectivity index (χ3v) is 7.02. The Kier molecular flexibility index (Phi) is 6.47. The normalized spacial score (nSPS) is 12.4. The highest BCUT2D eigenvalue weighted by molar-refractivity contribution is 7.99. The lowest BCUT2D eigenvalue weighted by atomic mass is 10.1. The minimum absolute atomic E-state index is 0.130. The van der Waals surface area contributed by atoms with E-state index in [1.807, 2.05) is 16.7 Å². The van der Waals surface area contributed by atoms with E-state index < -0.39 is 5.97 Å². The number of ether oxygens (including phenoxy) is 1. The third kappa shape index (κ3) is 4.40. The highest BCUT2D eigenvalue weighted by Crippen LogP contribution is 2.39. The zero-order chi connectivity index (χ0) is 21.8. The van der Waals surface area contributed by atoms with Gasteiger partial charge in [0.15, 0.2) is 11.0 Å². The number of hydrogen-bond donors (Lipinski definition) is 1. The number of rotatable bonds is 8. The van der Waals surface area contributed by atoms with Gasteiger partial charge < -0.3 is 10.1 Å². The van der Waals surface area contributed by atoms with E-state index in [1.54, 1.807) is 18.5 Å². The topological polar surface area (TPSA) is 99.0 Å². The van der Waals surface area contributed by atoms with Gasteiger partial charge >= 0.3 is 5.97 Å². The molecule has 0 aliphatic heterocycles. The van der Waals surface area contributed by atoms with Crippen molar-refractivity contribution in [3.8, 4) is 11.4 Å². The minimum atomic E-state index is -0.408. The second-order valence-corrected chi connectivity index (χ2v) is 8.88. The van der Waals surface area contributed by atoms with E-state index in [1.165, 1.54) is 30.2 Å². The SMILES string of the molecule is C=CCn1c(SCC(=O)Nc2sc3c(c2C(=O)OC)CCC3)nnc1-c1cccnc1. The van der Waals surface area contributed by atoms with Gasteiger partial charge in [0.25, 0.3) is 0 Å². The largest absolute Gasteiger partial charge is 0.465 e. The van der Waals surface area contributed by atoms with Crippen LogP contribution in [-0.2, 0) is 28.9 Å². The first-order valence-electron chi connectivity index (χ1n) is 9.72. The van der Waals surface area contributed by atoms with Gasteiger partial charge in [-0.15, -0.1) is 28.1 Å². The lowest BCUT2D eigenvalue weighted by Crippen LogP contribution is -2.16. The number of esters is 1. The van der Waals surface area contributed by atoms with Gasteiger partial charge in [0.2, 0.25) is 5.91 Å². The molecule has 0 radical (unpaired) electrons. The Morgan fingerprint density at radius 1 is 1.39 bits per heavy atom. The number of methoxy groups -OCH3 is 1. The average Bonchev–Trinajstić information content (AvgIpc) is 3.47. The Morgan fingerprint density at radius 2 is 2.26 bits per heavy atom. The number of nitrogens with one attached hydrogen (secondary N) is 1. The standard InChI is InChI=1S/C21H21N5O3S2/c1-3-10-26-18(13-6-5-9-22-11-13)24-25-21(26)30-12-16(27)23-19-17(20(28)29-2)14-7-4-8-15(14)31-19/h3,5-6,9,11H,1,4,7-8,10,12H2,2H3,(H,23,27). The third-order valence-electron chi connectivity index (χ3n) is 4.84. The van der Waals surface area contributed by atoms with Gasteiger partial charge in [-0.1, -0.05) is 17.8 Å². The fraction of sp³-hybridized carbons (Fsp3) is 0.286. The van der Waals surface area contributed by atoms with Crippen molar-refractivity contribution in [3.05, 3.63) is 53.2 Å². The van der Waals surface area contributed by atoms with Crippen molar-refractivity contribution in [2.75, 3.05) is 18.2 Å². The molecule has 10 heteroatoms. The molecule has 0 aromatic carbocycles. The van der Waals surface area contributed by atoms with Crippen molar-refractivity contribution in [3.63, 3.8) is 0 Å². The monoisotopic (exact) mass is 455 g/mol. The molecule has 0 spiro atoms. The molecular formula is C21H21N5O3S2. The Bertz CT molecular complexity index is 1120. The van der Waals surface area contributed by atoms with E-state index in [0.29, 0.717) is 28.1 Å². The van der Waals surface area contributed by atoms with Gasteiger partial charge in [-0.05, 0) is 37.0 Å². The van der Waals surface area contributed by atoms with E-state index in [-0.39, 0.29) is 11.7 Å². The molecule has 0 atom stereocenters. The van der Waals surface area contributed by atoms with Crippen molar-refractivity contribution in [1.82, 2.24) is 19.7 Å². The number of amides is 1. The Labute approximate surface area is 187 Å². The molecule has 8 nitrogen and oxygen atoms in total. The van der Waals surface area contributed by atoms with Gasteiger partial charge in [0.05, 0.1) is 18.4 Å². The molecule has 1 aliphatic rings. The number of pyridine rings is 1. The molecule has 1 aliphatic carbocycles. The van der Waals surface area contributed by atoms with Crippen LogP contribution in [-0.4, -0.2) is 44.5 Å². The summed E-state index contributed by atoms with van der Waals surface area (Å²) in [5, 5.41) is 12.6. The summed E-state index contributed by atoms with van der Waals surface area (Å²) in [5.74, 6) is 0.171. The molecule has 3 aromatic rings. The summed E-state index contributed by atoms with van der Waals surface area (Å²) in [6, 6.07) is 3.74. The van der Waals surface area contributed by atoms with Crippen LogP contribution in [0.3, 0.4) is 0 Å². The van der Waals surface area contributed by atoms with Crippen LogP contribution in [0.25, 0.3) is 11.4 Å². The summed E-state index contributed by atoms with van der Waals surface area (Å²) >= 11 is 2.74. The van der Waals surface area contributed by atoms with Crippen LogP contribution in [0.15, 0.2) is 42.3 Å². The molecule has 1 N–H and O–H groups in total. The lowest BCUT2D eigenvalue weighted by Gasteiger charge is -2.08. The number of allylic oxidation sites excluding steroid dienone is 1. The average molecular weight is 456 g/mol. The van der Waals surface area contributed by atoms with E-state index >= 15 is 0 Å². The summed E-state index contributed by atoms with van der Waals surface area (Å²) in [5.41, 5.74) is 2.34. The molecule has 0 saturated heterocycles. The number of aromatic nitrogens is 4. The van der Waals surface area contributed by atoms with Crippen LogP contribution in [0.2, 0.25) is 0 Å². The maximum Gasteiger partial charge on any atom is 0.341 e. The summed E-state index contributed by atoms with van der Waals surface area (Å²) in [4.78, 5) is 30.2. The number of carbonyl (C=O) groups is 2. The number of aryl methyl sites for hydroxylation is 1. The van der Waals surface area contributed by atoms with Crippen molar-refractivity contribution in [2.45, 2.75) is 31.0 Å². The van der Waals surface area contributed by atoms with E-state index in [4.69, 9.17) is 4.74 Å². The van der Waals surface area contributed by atoms with Gasteiger partial charge in [0.1, 0.15) is 5.00 Å². The summed E-state index contributed by atoms with van der Waals surface area (Å²) in [6.07, 6.45) is 7.95. The second-order valence-electron chi connectivity index (χ2n) is 6.84. The quantitative estimate of drug-likeness (QED) is 0.315. The van der Waals surface area contributed by atoms with Gasteiger partial charge in [-0.25, -0.2) is 4.79 Å². The molecule has 3 aromatic heterocycles. The van der Waals surface area contributed by atoms with Crippen molar-refractivity contribution in [2.24, 2.45) is 0 Å². The van der Waals surface area contributed by atoms with Crippen LogP contribution in [0.4, 0.5) is 5.00 Å². The molecule has 0 saturated carbocycles. The fourth-order valence-electron chi connectivity index (χ4n) is 3.50. The fourth-order valence-corrected chi connectivity index (χ4v) is 5.54. The number of thioether (sulfide) groups is 1. The molecule has 1 amide bonds. The highest BCUT2D eigenvalue weighted by Gasteiger charge is 2.28. The van der Waals surface area contributed by atoms with Crippen molar-refractivity contribution < 1.29 is 14.3 Å². The number of thiophene rings is 1. The van der Waals surface area contributed by atoms with Gasteiger partial charge in [0, 0.05) is 29.4 Å². The molecule has 160 valence electrons. The first kappa shape index (κ1) is 21.3. The van der Waals surface area contributed by atoms with E-state index in [0.717, 1.165) is 35.3 Å². The van der Waals surface area contributed by atoms with Gasteiger partial charge in [-0.2, -0.15) is 0 Å². The number of nitrogens with zero attached hydrogens (tertiary/aromatic N) is 4. The van der Waals surface area contributed by atoms with Crippen molar-refractivity contribution >= 4 is 40.0 Å². The van der Waals surface area contributed by atoms with E-state index in [9.17, 15) is 9.59 Å². The number of carbonyl (C=O) groups excluding carboxylic acids is 2. The summed E-state index contributed by atoms with van der Waals surface area (Å²) in [6.45, 7) is 4.30. The predicted octanol–water partition coefficient (Wildman–Crippen LogP) is 3.59. The Hall–Kier alpha value is -2.98. The van der Waals surface area contributed by atoms with Crippen LogP contribution in [0.5, 0.6) is 0 Å². The van der Waals surface area contributed by atoms with Crippen LogP contribution < -0.4 is 5.32 Å². The second kappa shape index (κ2) is 9.44. The first-order valence-corrected chi connectivity index (χ1v) is 11.5. The van der Waals surface area contributed by atoms with Crippen LogP contribution in [0.1, 0.15) is 27.2 Å². The number of fused-ring (bicyclic) bond motifs is 1. The molecule has 0 bridgehead atoms. The van der Waals surface area contributed by atoms with Crippen molar-refractivity contribution in [1.29, 1.82) is 0 Å². The van der Waals surface area contributed by atoms with E-state index in [2.05, 4.69) is 27.1 Å². The first-order chi connectivity index (χ1) is 15.1. The number of anilines is 1. The minimum Gasteiger partial charge on any atom is -0.465 e. The maximum atomic E-state index is 12.7. The molecule has 31 heavy (non-hydrogen) atoms. The zero-order valence-electron chi connectivity index (χ0n) is 17.0. The summed E-state index contributed by atoms with van der Waals surface area (Å²) in [7, 11) is 1.36. The lowest BCUT2D eigenvalue weighted by molar-refractivity contribution is -0.113. The zero-order valence-corrected chi connectivity index (χ0v) is 18.6. The van der Waals surface area contributed by atoms with Crippen LogP contribution >= 0.6 is 23.1 Å². The summed E-state index contributed by atoms with van der Waals surface area (Å²) < 4.78 is 6.82. The predicted molar refractivity (Wildman–Crippen MR) is 120 cm³/mol. The number of hydrogen-bond acceptors (Lipinski definition) is 8.